The fourth-order valence-corrected chi connectivity index (χ4v) is 1.99. The first kappa shape index (κ1) is 12.7. The zero-order chi connectivity index (χ0) is 12.8. The van der Waals surface area contributed by atoms with Gasteiger partial charge in [-0.1, -0.05) is 6.92 Å². The Morgan fingerprint density at radius 1 is 1.17 bits per heavy atom. The second-order valence-electron chi connectivity index (χ2n) is 4.05. The van der Waals surface area contributed by atoms with E-state index < -0.39 is 0 Å². The van der Waals surface area contributed by atoms with Gasteiger partial charge in [0.1, 0.15) is 11.6 Å². The minimum Gasteiger partial charge on any atom is -0.335 e. The number of hydrogen-bond acceptors (Lipinski definition) is 4. The Balaban J connectivity index is 2.16. The SMILES string of the molecule is CCNC(Cc1nccn1CC)c1ncccn1. The summed E-state index contributed by atoms with van der Waals surface area (Å²) in [6, 6.07) is 1.95. The molecule has 1 N–H and O–H groups in total. The van der Waals surface area contributed by atoms with Crippen molar-refractivity contribution in [2.45, 2.75) is 32.9 Å². The van der Waals surface area contributed by atoms with Crippen molar-refractivity contribution in [1.82, 2.24) is 24.8 Å². The molecule has 96 valence electrons. The summed E-state index contributed by atoms with van der Waals surface area (Å²) >= 11 is 0. The molecule has 2 aromatic rings. The molecule has 2 aromatic heterocycles. The van der Waals surface area contributed by atoms with Crippen LogP contribution in [0.5, 0.6) is 0 Å². The number of imidazole rings is 1. The predicted molar refractivity (Wildman–Crippen MR) is 70.1 cm³/mol. The van der Waals surface area contributed by atoms with Crippen LogP contribution in [0.4, 0.5) is 0 Å². The molecule has 18 heavy (non-hydrogen) atoms. The highest BCUT2D eigenvalue weighted by Gasteiger charge is 2.16. The molecule has 0 amide bonds. The lowest BCUT2D eigenvalue weighted by atomic mass is 10.1. The Kier molecular flexibility index (Phi) is 4.41. The number of nitrogens with zero attached hydrogens (tertiary/aromatic N) is 4. The topological polar surface area (TPSA) is 55.6 Å². The van der Waals surface area contributed by atoms with E-state index in [2.05, 4.69) is 38.7 Å². The maximum absolute atomic E-state index is 4.40. The zero-order valence-corrected chi connectivity index (χ0v) is 10.9. The highest BCUT2D eigenvalue weighted by atomic mass is 15.1. The van der Waals surface area contributed by atoms with Crippen LogP contribution in [0.1, 0.15) is 31.5 Å². The van der Waals surface area contributed by atoms with Crippen molar-refractivity contribution in [3.05, 3.63) is 42.5 Å². The number of likely N-dealkylation sites (N-methyl/N-ethyl adjacent to an activating group) is 1. The van der Waals surface area contributed by atoms with Crippen molar-refractivity contribution in [3.8, 4) is 0 Å². The van der Waals surface area contributed by atoms with Crippen molar-refractivity contribution in [1.29, 1.82) is 0 Å². The van der Waals surface area contributed by atoms with Gasteiger partial charge in [-0.2, -0.15) is 0 Å². The summed E-state index contributed by atoms with van der Waals surface area (Å²) in [5.41, 5.74) is 0. The van der Waals surface area contributed by atoms with Gasteiger partial charge in [-0.3, -0.25) is 0 Å². The zero-order valence-electron chi connectivity index (χ0n) is 10.9. The fourth-order valence-electron chi connectivity index (χ4n) is 1.99. The first-order valence-electron chi connectivity index (χ1n) is 6.35. The number of aromatic nitrogens is 4. The second-order valence-corrected chi connectivity index (χ2v) is 4.05. The van der Waals surface area contributed by atoms with Gasteiger partial charge in [0.15, 0.2) is 0 Å². The lowest BCUT2D eigenvalue weighted by Crippen LogP contribution is -2.26. The molecule has 1 unspecified atom stereocenters. The van der Waals surface area contributed by atoms with Gasteiger partial charge in [0.2, 0.25) is 0 Å². The first-order valence-corrected chi connectivity index (χ1v) is 6.35. The fraction of sp³-hybridized carbons (Fsp3) is 0.462. The Labute approximate surface area is 107 Å². The molecule has 0 radical (unpaired) electrons. The Morgan fingerprint density at radius 2 is 1.94 bits per heavy atom. The maximum Gasteiger partial charge on any atom is 0.145 e. The molecule has 0 aromatic carbocycles. The van der Waals surface area contributed by atoms with Crippen molar-refractivity contribution in [2.24, 2.45) is 0 Å². The Hall–Kier alpha value is -1.75. The average molecular weight is 245 g/mol. The molecule has 0 aliphatic carbocycles. The van der Waals surface area contributed by atoms with E-state index in [0.29, 0.717) is 0 Å². The van der Waals surface area contributed by atoms with Crippen LogP contribution in [-0.2, 0) is 13.0 Å². The molecule has 0 aliphatic heterocycles. The number of aryl methyl sites for hydroxylation is 1. The van der Waals surface area contributed by atoms with Gasteiger partial charge in [0.25, 0.3) is 0 Å². The van der Waals surface area contributed by atoms with E-state index in [0.717, 1.165) is 31.2 Å². The van der Waals surface area contributed by atoms with Crippen LogP contribution in [0.2, 0.25) is 0 Å². The van der Waals surface area contributed by atoms with Crippen molar-refractivity contribution < 1.29 is 0 Å². The average Bonchev–Trinajstić information content (AvgIpc) is 2.86. The molecule has 0 aliphatic rings. The maximum atomic E-state index is 4.40. The van der Waals surface area contributed by atoms with Gasteiger partial charge in [0, 0.05) is 37.8 Å². The van der Waals surface area contributed by atoms with E-state index in [1.165, 1.54) is 0 Å². The second kappa shape index (κ2) is 6.26. The van der Waals surface area contributed by atoms with Crippen molar-refractivity contribution in [3.63, 3.8) is 0 Å². The lowest BCUT2D eigenvalue weighted by molar-refractivity contribution is 0.498. The van der Waals surface area contributed by atoms with Crippen molar-refractivity contribution >= 4 is 0 Å². The molecule has 0 spiro atoms. The molecule has 2 rings (SSSR count). The van der Waals surface area contributed by atoms with Crippen LogP contribution < -0.4 is 5.32 Å². The normalized spacial score (nSPS) is 12.6. The third kappa shape index (κ3) is 2.92. The van der Waals surface area contributed by atoms with E-state index in [-0.39, 0.29) is 6.04 Å². The van der Waals surface area contributed by atoms with Crippen LogP contribution in [0.25, 0.3) is 0 Å². The third-order valence-electron chi connectivity index (χ3n) is 2.88. The molecule has 5 heteroatoms. The van der Waals surface area contributed by atoms with E-state index in [9.17, 15) is 0 Å². The summed E-state index contributed by atoms with van der Waals surface area (Å²) < 4.78 is 2.15. The summed E-state index contributed by atoms with van der Waals surface area (Å²) in [6.07, 6.45) is 8.20. The minimum atomic E-state index is 0.115. The predicted octanol–water partition coefficient (Wildman–Crippen LogP) is 1.59. The first-order chi connectivity index (χ1) is 8.85. The molecule has 0 fully saturated rings. The quantitative estimate of drug-likeness (QED) is 0.839. The van der Waals surface area contributed by atoms with Gasteiger partial charge in [-0.25, -0.2) is 15.0 Å². The van der Waals surface area contributed by atoms with Crippen molar-refractivity contribution in [2.75, 3.05) is 6.54 Å². The van der Waals surface area contributed by atoms with Gasteiger partial charge in [-0.05, 0) is 19.5 Å². The summed E-state index contributed by atoms with van der Waals surface area (Å²) in [5, 5.41) is 3.41. The molecule has 0 saturated carbocycles. The van der Waals surface area contributed by atoms with Gasteiger partial charge in [-0.15, -0.1) is 0 Å². The van der Waals surface area contributed by atoms with Gasteiger partial charge >= 0.3 is 0 Å². The van der Waals surface area contributed by atoms with Gasteiger partial charge in [0.05, 0.1) is 6.04 Å². The summed E-state index contributed by atoms with van der Waals surface area (Å²) in [4.78, 5) is 13.0. The molecule has 5 nitrogen and oxygen atoms in total. The number of rotatable bonds is 6. The Bertz CT molecular complexity index is 465. The highest BCUT2D eigenvalue weighted by Crippen LogP contribution is 2.13. The van der Waals surface area contributed by atoms with E-state index >= 15 is 0 Å². The van der Waals surface area contributed by atoms with E-state index in [4.69, 9.17) is 0 Å². The number of hydrogen-bond donors (Lipinski definition) is 1. The summed E-state index contributed by atoms with van der Waals surface area (Å²) in [6.45, 7) is 6.02. The van der Waals surface area contributed by atoms with Crippen LogP contribution in [0.3, 0.4) is 0 Å². The van der Waals surface area contributed by atoms with Crippen LogP contribution in [0, 0.1) is 0 Å². The number of nitrogens with one attached hydrogen (secondary N) is 1. The smallest absolute Gasteiger partial charge is 0.145 e. The largest absolute Gasteiger partial charge is 0.335 e. The molecular formula is C13H19N5. The summed E-state index contributed by atoms with van der Waals surface area (Å²) in [7, 11) is 0. The molecule has 0 saturated heterocycles. The van der Waals surface area contributed by atoms with E-state index in [1.54, 1.807) is 12.4 Å². The summed E-state index contributed by atoms with van der Waals surface area (Å²) in [5.74, 6) is 1.89. The van der Waals surface area contributed by atoms with E-state index in [1.807, 2.05) is 18.5 Å². The van der Waals surface area contributed by atoms with Crippen LogP contribution >= 0.6 is 0 Å². The minimum absolute atomic E-state index is 0.115. The standard InChI is InChI=1S/C13H19N5/c1-3-14-11(13-16-6-5-7-17-13)10-12-15-8-9-18(12)4-2/h5-9,11,14H,3-4,10H2,1-2H3. The van der Waals surface area contributed by atoms with Crippen LogP contribution in [0.15, 0.2) is 30.9 Å². The monoisotopic (exact) mass is 245 g/mol. The molecule has 2 heterocycles. The lowest BCUT2D eigenvalue weighted by Gasteiger charge is -2.16. The highest BCUT2D eigenvalue weighted by molar-refractivity contribution is 5.03. The van der Waals surface area contributed by atoms with Gasteiger partial charge < -0.3 is 9.88 Å². The third-order valence-corrected chi connectivity index (χ3v) is 2.88. The molecular weight excluding hydrogens is 226 g/mol. The van der Waals surface area contributed by atoms with Crippen LogP contribution in [-0.4, -0.2) is 26.1 Å². The molecule has 1 atom stereocenters. The molecule has 0 bridgehead atoms. The Morgan fingerprint density at radius 3 is 2.61 bits per heavy atom.